The Morgan fingerprint density at radius 1 is 1.12 bits per heavy atom. The van der Waals surface area contributed by atoms with E-state index >= 15 is 0 Å². The van der Waals surface area contributed by atoms with E-state index in [-0.39, 0.29) is 18.4 Å². The lowest BCUT2D eigenvalue weighted by Crippen LogP contribution is -2.45. The molecule has 1 aliphatic heterocycles. The average molecular weight is 345 g/mol. The van der Waals surface area contributed by atoms with Gasteiger partial charge in [0.15, 0.2) is 0 Å². The van der Waals surface area contributed by atoms with Crippen LogP contribution in [0.5, 0.6) is 0 Å². The summed E-state index contributed by atoms with van der Waals surface area (Å²) in [5, 5.41) is 5.60. The Labute approximate surface area is 149 Å². The lowest BCUT2D eigenvalue weighted by Gasteiger charge is -2.26. The number of hydrogen-bond donors (Lipinski definition) is 2. The Morgan fingerprint density at radius 3 is 2.48 bits per heavy atom. The second-order valence-corrected chi connectivity index (χ2v) is 6.40. The zero-order chi connectivity index (χ0) is 18.3. The molecule has 4 amide bonds. The van der Waals surface area contributed by atoms with Crippen LogP contribution in [0.4, 0.5) is 4.79 Å². The summed E-state index contributed by atoms with van der Waals surface area (Å²) in [4.78, 5) is 38.5. The molecule has 0 spiro atoms. The first-order valence-electron chi connectivity index (χ1n) is 9.01. The molecule has 0 saturated carbocycles. The standard InChI is InChI=1S/C19H27N3O3/c1-3-5-9-13-20-16(23)14-22-17(24)19(12-4-2,21-18(22)25)15-10-7-6-8-11-15/h6-8,10-11H,3-5,9,12-14H2,1-2H3,(H,20,23)(H,21,25)/t19-/m0/s1. The van der Waals surface area contributed by atoms with E-state index in [1.165, 1.54) is 0 Å². The summed E-state index contributed by atoms with van der Waals surface area (Å²) in [5.41, 5.74) is -0.323. The van der Waals surface area contributed by atoms with Crippen molar-refractivity contribution in [1.29, 1.82) is 0 Å². The van der Waals surface area contributed by atoms with Crippen LogP contribution in [0, 0.1) is 0 Å². The summed E-state index contributed by atoms with van der Waals surface area (Å²) in [6, 6.07) is 8.71. The Morgan fingerprint density at radius 2 is 1.84 bits per heavy atom. The number of nitrogens with one attached hydrogen (secondary N) is 2. The fraction of sp³-hybridized carbons (Fsp3) is 0.526. The molecule has 0 aliphatic carbocycles. The summed E-state index contributed by atoms with van der Waals surface area (Å²) < 4.78 is 0. The van der Waals surface area contributed by atoms with Crippen LogP contribution >= 0.6 is 0 Å². The van der Waals surface area contributed by atoms with E-state index in [2.05, 4.69) is 17.6 Å². The number of rotatable bonds is 9. The minimum absolute atomic E-state index is 0.241. The van der Waals surface area contributed by atoms with E-state index < -0.39 is 11.6 Å². The molecule has 25 heavy (non-hydrogen) atoms. The molecule has 1 aromatic carbocycles. The highest BCUT2D eigenvalue weighted by Crippen LogP contribution is 2.33. The molecule has 6 heteroatoms. The van der Waals surface area contributed by atoms with Crippen LogP contribution in [0.1, 0.15) is 51.5 Å². The van der Waals surface area contributed by atoms with Crippen molar-refractivity contribution in [3.63, 3.8) is 0 Å². The van der Waals surface area contributed by atoms with Gasteiger partial charge in [0, 0.05) is 6.54 Å². The van der Waals surface area contributed by atoms with E-state index in [9.17, 15) is 14.4 Å². The molecule has 0 unspecified atom stereocenters. The lowest BCUT2D eigenvalue weighted by molar-refractivity contribution is -0.135. The van der Waals surface area contributed by atoms with Gasteiger partial charge < -0.3 is 10.6 Å². The molecular formula is C19H27N3O3. The fourth-order valence-electron chi connectivity index (χ4n) is 3.18. The molecule has 0 radical (unpaired) electrons. The van der Waals surface area contributed by atoms with Gasteiger partial charge >= 0.3 is 6.03 Å². The minimum Gasteiger partial charge on any atom is -0.355 e. The number of hydrogen-bond acceptors (Lipinski definition) is 3. The molecular weight excluding hydrogens is 318 g/mol. The van der Waals surface area contributed by atoms with Gasteiger partial charge in [-0.1, -0.05) is 63.4 Å². The van der Waals surface area contributed by atoms with Crippen molar-refractivity contribution in [2.45, 2.75) is 51.5 Å². The van der Waals surface area contributed by atoms with Gasteiger partial charge in [0.1, 0.15) is 12.1 Å². The van der Waals surface area contributed by atoms with E-state index in [1.807, 2.05) is 37.3 Å². The molecule has 1 fully saturated rings. The van der Waals surface area contributed by atoms with Gasteiger partial charge in [-0.2, -0.15) is 0 Å². The third-order valence-corrected chi connectivity index (χ3v) is 4.47. The number of urea groups is 1. The lowest BCUT2D eigenvalue weighted by atomic mass is 9.85. The van der Waals surface area contributed by atoms with Gasteiger partial charge in [0.25, 0.3) is 5.91 Å². The van der Waals surface area contributed by atoms with E-state index in [0.29, 0.717) is 13.0 Å². The minimum atomic E-state index is -1.07. The van der Waals surface area contributed by atoms with Gasteiger partial charge in [0.05, 0.1) is 0 Å². The number of benzene rings is 1. The number of imide groups is 1. The van der Waals surface area contributed by atoms with E-state index in [1.54, 1.807) is 0 Å². The Bertz CT molecular complexity index is 618. The molecule has 6 nitrogen and oxygen atoms in total. The second-order valence-electron chi connectivity index (χ2n) is 6.40. The Hall–Kier alpha value is -2.37. The first-order valence-corrected chi connectivity index (χ1v) is 9.01. The van der Waals surface area contributed by atoms with Crippen molar-refractivity contribution in [2.75, 3.05) is 13.1 Å². The van der Waals surface area contributed by atoms with Gasteiger partial charge in [-0.15, -0.1) is 0 Å². The zero-order valence-corrected chi connectivity index (χ0v) is 15.0. The van der Waals surface area contributed by atoms with Crippen molar-refractivity contribution in [3.8, 4) is 0 Å². The van der Waals surface area contributed by atoms with Gasteiger partial charge in [-0.3, -0.25) is 14.5 Å². The molecule has 136 valence electrons. The van der Waals surface area contributed by atoms with Crippen LogP contribution in [0.2, 0.25) is 0 Å². The van der Waals surface area contributed by atoms with Crippen LogP contribution < -0.4 is 10.6 Å². The average Bonchev–Trinajstić information content (AvgIpc) is 2.85. The third-order valence-electron chi connectivity index (χ3n) is 4.47. The molecule has 2 rings (SSSR count). The normalized spacial score (nSPS) is 19.8. The zero-order valence-electron chi connectivity index (χ0n) is 15.0. The molecule has 1 heterocycles. The van der Waals surface area contributed by atoms with Crippen LogP contribution in [-0.4, -0.2) is 35.8 Å². The third kappa shape index (κ3) is 4.18. The molecule has 2 N–H and O–H groups in total. The van der Waals surface area contributed by atoms with Crippen molar-refractivity contribution in [2.24, 2.45) is 0 Å². The van der Waals surface area contributed by atoms with Crippen LogP contribution in [0.3, 0.4) is 0 Å². The summed E-state index contributed by atoms with van der Waals surface area (Å²) in [5.74, 6) is -0.658. The summed E-state index contributed by atoms with van der Waals surface area (Å²) in [6.07, 6.45) is 4.23. The first kappa shape index (κ1) is 19.0. The number of unbranched alkanes of at least 4 members (excludes halogenated alkanes) is 2. The molecule has 1 atom stereocenters. The number of carbonyl (C=O) groups excluding carboxylic acids is 3. The van der Waals surface area contributed by atoms with Crippen molar-refractivity contribution < 1.29 is 14.4 Å². The summed E-state index contributed by atoms with van der Waals surface area (Å²) in [7, 11) is 0. The predicted molar refractivity (Wildman–Crippen MR) is 95.8 cm³/mol. The quantitative estimate of drug-likeness (QED) is 0.533. The molecule has 1 aliphatic rings. The summed E-state index contributed by atoms with van der Waals surface area (Å²) in [6.45, 7) is 4.38. The monoisotopic (exact) mass is 345 g/mol. The maximum absolute atomic E-state index is 13.0. The fourth-order valence-corrected chi connectivity index (χ4v) is 3.18. The second kappa shape index (κ2) is 8.65. The highest BCUT2D eigenvalue weighted by atomic mass is 16.2. The summed E-state index contributed by atoms with van der Waals surface area (Å²) >= 11 is 0. The number of carbonyl (C=O) groups is 3. The Balaban J connectivity index is 2.10. The van der Waals surface area contributed by atoms with Crippen LogP contribution in [0.15, 0.2) is 30.3 Å². The smallest absolute Gasteiger partial charge is 0.325 e. The van der Waals surface area contributed by atoms with Gasteiger partial charge in [-0.25, -0.2) is 4.79 Å². The topological polar surface area (TPSA) is 78.5 Å². The number of nitrogens with zero attached hydrogens (tertiary/aromatic N) is 1. The van der Waals surface area contributed by atoms with E-state index in [0.717, 1.165) is 36.1 Å². The maximum atomic E-state index is 13.0. The van der Waals surface area contributed by atoms with Crippen molar-refractivity contribution >= 4 is 17.8 Å². The SMILES string of the molecule is CCCCCNC(=O)CN1C(=O)N[C@@](CCC)(c2ccccc2)C1=O. The van der Waals surface area contributed by atoms with Crippen LogP contribution in [-0.2, 0) is 15.1 Å². The van der Waals surface area contributed by atoms with Crippen molar-refractivity contribution in [1.82, 2.24) is 15.5 Å². The van der Waals surface area contributed by atoms with Gasteiger partial charge in [-0.05, 0) is 18.4 Å². The highest BCUT2D eigenvalue weighted by molar-refractivity contribution is 6.09. The first-order chi connectivity index (χ1) is 12.0. The largest absolute Gasteiger partial charge is 0.355 e. The predicted octanol–water partition coefficient (Wildman–Crippen LogP) is 2.54. The van der Waals surface area contributed by atoms with Crippen molar-refractivity contribution in [3.05, 3.63) is 35.9 Å². The van der Waals surface area contributed by atoms with Gasteiger partial charge in [0.2, 0.25) is 5.91 Å². The number of amides is 4. The molecule has 0 aromatic heterocycles. The molecule has 1 saturated heterocycles. The Kier molecular flexibility index (Phi) is 6.56. The molecule has 1 aromatic rings. The van der Waals surface area contributed by atoms with Crippen LogP contribution in [0.25, 0.3) is 0 Å². The molecule has 0 bridgehead atoms. The maximum Gasteiger partial charge on any atom is 0.325 e. The highest BCUT2D eigenvalue weighted by Gasteiger charge is 2.52. The van der Waals surface area contributed by atoms with E-state index in [4.69, 9.17) is 0 Å².